The molecule has 1 aromatic heterocycles. The lowest BCUT2D eigenvalue weighted by Gasteiger charge is -2.16. The van der Waals surface area contributed by atoms with Gasteiger partial charge in [0.25, 0.3) is 0 Å². The third-order valence-electron chi connectivity index (χ3n) is 2.22. The Morgan fingerprint density at radius 3 is 2.72 bits per heavy atom. The predicted octanol–water partition coefficient (Wildman–Crippen LogP) is 0.973. The molecule has 1 atom stereocenters. The summed E-state index contributed by atoms with van der Waals surface area (Å²) in [6, 6.07) is 0.183. The molecule has 0 bridgehead atoms. The highest BCUT2D eigenvalue weighted by molar-refractivity contribution is 5.82. The maximum absolute atomic E-state index is 11.5. The predicted molar refractivity (Wildman–Crippen MR) is 62.8 cm³/mol. The lowest BCUT2D eigenvalue weighted by atomic mass is 10.0. The van der Waals surface area contributed by atoms with Gasteiger partial charge in [0.15, 0.2) is 5.76 Å². The Morgan fingerprint density at radius 2 is 2.22 bits per heavy atom. The van der Waals surface area contributed by atoms with Crippen molar-refractivity contribution in [2.24, 2.45) is 5.92 Å². The average molecular weight is 255 g/mol. The van der Waals surface area contributed by atoms with E-state index in [1.165, 1.54) is 6.20 Å². The van der Waals surface area contributed by atoms with Crippen LogP contribution in [0.25, 0.3) is 0 Å². The van der Waals surface area contributed by atoms with Crippen molar-refractivity contribution < 1.29 is 19.2 Å². The highest BCUT2D eigenvalue weighted by atomic mass is 16.5. The summed E-state index contributed by atoms with van der Waals surface area (Å²) >= 11 is 0. The van der Waals surface area contributed by atoms with E-state index in [9.17, 15) is 9.59 Å². The smallest absolute Gasteiger partial charge is 0.326 e. The summed E-state index contributed by atoms with van der Waals surface area (Å²) in [5.41, 5.74) is 0. The summed E-state index contributed by atoms with van der Waals surface area (Å²) in [7, 11) is 0. The van der Waals surface area contributed by atoms with Crippen LogP contribution in [-0.4, -0.2) is 28.3 Å². The number of urea groups is 1. The van der Waals surface area contributed by atoms with E-state index >= 15 is 0 Å². The molecule has 0 saturated heterocycles. The number of carboxylic acids is 1. The molecule has 0 aliphatic rings. The summed E-state index contributed by atoms with van der Waals surface area (Å²) in [4.78, 5) is 22.4. The molecule has 0 unspecified atom stereocenters. The quantitative estimate of drug-likeness (QED) is 0.702. The van der Waals surface area contributed by atoms with Crippen LogP contribution < -0.4 is 10.6 Å². The molecule has 0 aromatic carbocycles. The minimum Gasteiger partial charge on any atom is -0.480 e. The van der Waals surface area contributed by atoms with Gasteiger partial charge >= 0.3 is 12.0 Å². The number of rotatable bonds is 6. The molecule has 7 nitrogen and oxygen atoms in total. The van der Waals surface area contributed by atoms with Crippen LogP contribution in [0.5, 0.6) is 0 Å². The van der Waals surface area contributed by atoms with Gasteiger partial charge in [0.05, 0.1) is 12.7 Å². The monoisotopic (exact) mass is 255 g/mol. The minimum absolute atomic E-state index is 0.167. The maximum Gasteiger partial charge on any atom is 0.326 e. The number of carboxylic acid groups (broad SMARTS) is 1. The number of nitrogens with zero attached hydrogens (tertiary/aromatic N) is 1. The Hall–Kier alpha value is -2.05. The zero-order chi connectivity index (χ0) is 13.5. The zero-order valence-corrected chi connectivity index (χ0v) is 10.3. The van der Waals surface area contributed by atoms with Crippen molar-refractivity contribution in [2.75, 3.05) is 0 Å². The first-order valence-corrected chi connectivity index (χ1v) is 5.65. The van der Waals surface area contributed by atoms with Gasteiger partial charge in [0.2, 0.25) is 0 Å². The van der Waals surface area contributed by atoms with Crippen molar-refractivity contribution in [2.45, 2.75) is 32.9 Å². The van der Waals surface area contributed by atoms with E-state index in [1.54, 1.807) is 6.07 Å². The van der Waals surface area contributed by atoms with Crippen LogP contribution in [0.3, 0.4) is 0 Å². The Bertz CT molecular complexity index is 389. The number of hydrogen-bond donors (Lipinski definition) is 3. The van der Waals surface area contributed by atoms with Gasteiger partial charge in [-0.15, -0.1) is 0 Å². The molecule has 1 rings (SSSR count). The standard InChI is InChI=1S/C11H17N3O4/c1-7(2)5-9(10(15)16)14-11(17)12-6-8-3-4-13-18-8/h3-4,7,9H,5-6H2,1-2H3,(H,15,16)(H2,12,14,17)/t9-/m1/s1. The Morgan fingerprint density at radius 1 is 1.50 bits per heavy atom. The van der Waals surface area contributed by atoms with Gasteiger partial charge in [-0.1, -0.05) is 19.0 Å². The largest absolute Gasteiger partial charge is 0.480 e. The van der Waals surface area contributed by atoms with Crippen LogP contribution in [0.4, 0.5) is 4.79 Å². The maximum atomic E-state index is 11.5. The number of aromatic nitrogens is 1. The summed E-state index contributed by atoms with van der Waals surface area (Å²) in [6.45, 7) is 3.95. The lowest BCUT2D eigenvalue weighted by molar-refractivity contribution is -0.139. The fourth-order valence-corrected chi connectivity index (χ4v) is 1.40. The summed E-state index contributed by atoms with van der Waals surface area (Å²) < 4.78 is 4.79. The average Bonchev–Trinajstić information content (AvgIpc) is 2.77. The molecule has 0 radical (unpaired) electrons. The third-order valence-corrected chi connectivity index (χ3v) is 2.22. The van der Waals surface area contributed by atoms with Gasteiger partial charge in [-0.25, -0.2) is 9.59 Å². The van der Waals surface area contributed by atoms with Crippen molar-refractivity contribution in [1.29, 1.82) is 0 Å². The van der Waals surface area contributed by atoms with Crippen molar-refractivity contribution in [1.82, 2.24) is 15.8 Å². The first kappa shape index (κ1) is 14.0. The van der Waals surface area contributed by atoms with E-state index in [1.807, 2.05) is 13.8 Å². The molecule has 0 aliphatic carbocycles. The second-order valence-electron chi connectivity index (χ2n) is 4.33. The van der Waals surface area contributed by atoms with Crippen molar-refractivity contribution in [3.8, 4) is 0 Å². The first-order valence-electron chi connectivity index (χ1n) is 5.65. The van der Waals surface area contributed by atoms with Crippen LogP contribution >= 0.6 is 0 Å². The van der Waals surface area contributed by atoms with Gasteiger partial charge in [0.1, 0.15) is 6.04 Å². The normalized spacial score (nSPS) is 12.2. The van der Waals surface area contributed by atoms with Crippen LogP contribution in [0, 0.1) is 5.92 Å². The van der Waals surface area contributed by atoms with Crippen LogP contribution in [0.2, 0.25) is 0 Å². The molecular formula is C11H17N3O4. The van der Waals surface area contributed by atoms with E-state index in [2.05, 4.69) is 15.8 Å². The van der Waals surface area contributed by atoms with Gasteiger partial charge < -0.3 is 20.3 Å². The number of carbonyl (C=O) groups is 2. The zero-order valence-electron chi connectivity index (χ0n) is 10.3. The Balaban J connectivity index is 2.39. The fourth-order valence-electron chi connectivity index (χ4n) is 1.40. The summed E-state index contributed by atoms with van der Waals surface area (Å²) in [5, 5.41) is 17.3. The molecule has 0 saturated carbocycles. The Labute approximate surface area is 105 Å². The second-order valence-corrected chi connectivity index (χ2v) is 4.33. The summed E-state index contributed by atoms with van der Waals surface area (Å²) in [5.74, 6) is -0.361. The summed E-state index contributed by atoms with van der Waals surface area (Å²) in [6.07, 6.45) is 1.85. The van der Waals surface area contributed by atoms with E-state index < -0.39 is 18.0 Å². The van der Waals surface area contributed by atoms with Crippen molar-refractivity contribution in [3.63, 3.8) is 0 Å². The second kappa shape index (κ2) is 6.63. The first-order chi connectivity index (χ1) is 8.49. The Kier molecular flexibility index (Phi) is 5.16. The van der Waals surface area contributed by atoms with Crippen molar-refractivity contribution in [3.05, 3.63) is 18.0 Å². The molecule has 3 N–H and O–H groups in total. The minimum atomic E-state index is -1.04. The van der Waals surface area contributed by atoms with E-state index in [0.29, 0.717) is 12.2 Å². The lowest BCUT2D eigenvalue weighted by Crippen LogP contribution is -2.46. The van der Waals surface area contributed by atoms with Crippen LogP contribution in [0.15, 0.2) is 16.8 Å². The molecule has 1 heterocycles. The number of nitrogens with one attached hydrogen (secondary N) is 2. The van der Waals surface area contributed by atoms with Gasteiger partial charge in [0, 0.05) is 6.07 Å². The molecular weight excluding hydrogens is 238 g/mol. The van der Waals surface area contributed by atoms with Gasteiger partial charge in [-0.05, 0) is 12.3 Å². The number of amides is 2. The van der Waals surface area contributed by atoms with E-state index in [-0.39, 0.29) is 12.5 Å². The van der Waals surface area contributed by atoms with Gasteiger partial charge in [-0.3, -0.25) is 0 Å². The molecule has 0 fully saturated rings. The fraction of sp³-hybridized carbons (Fsp3) is 0.545. The number of carbonyl (C=O) groups excluding carboxylic acids is 1. The van der Waals surface area contributed by atoms with Crippen LogP contribution in [-0.2, 0) is 11.3 Å². The molecule has 7 heteroatoms. The highest BCUT2D eigenvalue weighted by Gasteiger charge is 2.20. The highest BCUT2D eigenvalue weighted by Crippen LogP contribution is 2.04. The topological polar surface area (TPSA) is 104 Å². The molecule has 0 spiro atoms. The molecule has 18 heavy (non-hydrogen) atoms. The van der Waals surface area contributed by atoms with E-state index in [4.69, 9.17) is 9.63 Å². The van der Waals surface area contributed by atoms with E-state index in [0.717, 1.165) is 0 Å². The number of aliphatic carboxylic acids is 1. The third kappa shape index (κ3) is 4.86. The van der Waals surface area contributed by atoms with Gasteiger partial charge in [-0.2, -0.15) is 0 Å². The molecule has 100 valence electrons. The van der Waals surface area contributed by atoms with Crippen LogP contribution in [0.1, 0.15) is 26.0 Å². The molecule has 0 aliphatic heterocycles. The number of hydrogen-bond acceptors (Lipinski definition) is 4. The SMILES string of the molecule is CC(C)C[C@@H](NC(=O)NCc1ccno1)C(=O)O. The molecule has 1 aromatic rings. The molecule has 2 amide bonds. The van der Waals surface area contributed by atoms with Crippen molar-refractivity contribution >= 4 is 12.0 Å².